The zero-order chi connectivity index (χ0) is 20.8. The lowest BCUT2D eigenvalue weighted by Crippen LogP contribution is -2.18. The number of nitrogens with one attached hydrogen (secondary N) is 2. The summed E-state index contributed by atoms with van der Waals surface area (Å²) in [5.41, 5.74) is 4.46. The lowest BCUT2D eigenvalue weighted by molar-refractivity contribution is 0.0729. The number of carbonyl (C=O) groups is 2. The molecule has 29 heavy (non-hydrogen) atoms. The molecule has 0 bridgehead atoms. The number of carbonyl (C=O) groups excluding carboxylic acids is 2. The van der Waals surface area contributed by atoms with Gasteiger partial charge in [-0.25, -0.2) is 10.2 Å². The van der Waals surface area contributed by atoms with Crippen molar-refractivity contribution >= 4 is 34.0 Å². The molecule has 0 atom stereocenters. The van der Waals surface area contributed by atoms with Gasteiger partial charge in [0.2, 0.25) is 0 Å². The molecule has 0 aliphatic rings. The first kappa shape index (κ1) is 20.3. The number of hydrogen-bond donors (Lipinski definition) is 2. The average Bonchev–Trinajstić information content (AvgIpc) is 3.15. The first-order valence-electron chi connectivity index (χ1n) is 8.47. The van der Waals surface area contributed by atoms with Crippen molar-refractivity contribution in [2.75, 3.05) is 7.11 Å². The molecule has 8 nitrogen and oxygen atoms in total. The summed E-state index contributed by atoms with van der Waals surface area (Å²) in [5, 5.41) is 10.4. The average molecular weight is 457 g/mol. The summed E-state index contributed by atoms with van der Waals surface area (Å²) in [6, 6.07) is 13.3. The Labute approximate surface area is 175 Å². The van der Waals surface area contributed by atoms with E-state index in [1.807, 2.05) is 0 Å². The number of benzene rings is 2. The van der Waals surface area contributed by atoms with Crippen molar-refractivity contribution in [3.63, 3.8) is 0 Å². The fourth-order valence-corrected chi connectivity index (χ4v) is 2.61. The monoisotopic (exact) mass is 456 g/mol. The molecule has 0 aliphatic carbocycles. The minimum Gasteiger partial charge on any atom is -0.493 e. The maximum atomic E-state index is 12.3. The summed E-state index contributed by atoms with van der Waals surface area (Å²) in [6.45, 7) is 1.80. The van der Waals surface area contributed by atoms with E-state index >= 15 is 0 Å². The number of amides is 1. The Morgan fingerprint density at radius 3 is 2.55 bits per heavy atom. The van der Waals surface area contributed by atoms with E-state index < -0.39 is 11.9 Å². The van der Waals surface area contributed by atoms with Crippen LogP contribution in [0.25, 0.3) is 0 Å². The largest absolute Gasteiger partial charge is 0.493 e. The highest BCUT2D eigenvalue weighted by Crippen LogP contribution is 2.28. The first-order chi connectivity index (χ1) is 14.0. The second kappa shape index (κ2) is 9.16. The molecule has 1 amide bonds. The van der Waals surface area contributed by atoms with Crippen molar-refractivity contribution in [3.05, 3.63) is 75.5 Å². The highest BCUT2D eigenvalue weighted by Gasteiger charge is 2.13. The molecule has 0 radical (unpaired) electrons. The lowest BCUT2D eigenvalue weighted by Gasteiger charge is -2.10. The summed E-state index contributed by atoms with van der Waals surface area (Å²) < 4.78 is 11.6. The highest BCUT2D eigenvalue weighted by molar-refractivity contribution is 9.10. The molecule has 3 rings (SSSR count). The number of methoxy groups -OCH3 is 1. The lowest BCUT2D eigenvalue weighted by atomic mass is 10.2. The van der Waals surface area contributed by atoms with Crippen LogP contribution in [0.4, 0.5) is 0 Å². The second-order valence-electron chi connectivity index (χ2n) is 5.94. The highest BCUT2D eigenvalue weighted by atomic mass is 79.9. The maximum Gasteiger partial charge on any atom is 0.343 e. The molecule has 0 spiro atoms. The summed E-state index contributed by atoms with van der Waals surface area (Å²) in [6.07, 6.45) is 1.44. The number of H-pyrrole nitrogens is 1. The van der Waals surface area contributed by atoms with Gasteiger partial charge in [0.25, 0.3) is 5.91 Å². The van der Waals surface area contributed by atoms with Crippen LogP contribution in [0.15, 0.2) is 58.1 Å². The fourth-order valence-electron chi connectivity index (χ4n) is 2.35. The van der Waals surface area contributed by atoms with Crippen molar-refractivity contribution < 1.29 is 19.1 Å². The fraction of sp³-hybridized carbons (Fsp3) is 0.100. The number of nitrogens with zero attached hydrogens (tertiary/aromatic N) is 2. The van der Waals surface area contributed by atoms with Crippen molar-refractivity contribution in [2.45, 2.75) is 6.92 Å². The predicted molar refractivity (Wildman–Crippen MR) is 110 cm³/mol. The molecule has 148 valence electrons. The van der Waals surface area contributed by atoms with E-state index in [0.29, 0.717) is 16.9 Å². The van der Waals surface area contributed by atoms with Gasteiger partial charge in [-0.1, -0.05) is 15.9 Å². The van der Waals surface area contributed by atoms with Gasteiger partial charge in [0.15, 0.2) is 17.2 Å². The maximum absolute atomic E-state index is 12.3. The van der Waals surface area contributed by atoms with Crippen LogP contribution in [0.5, 0.6) is 11.5 Å². The van der Waals surface area contributed by atoms with Gasteiger partial charge in [0.1, 0.15) is 0 Å². The Kier molecular flexibility index (Phi) is 6.40. The zero-order valence-electron chi connectivity index (χ0n) is 15.6. The van der Waals surface area contributed by atoms with E-state index in [1.54, 1.807) is 55.5 Å². The van der Waals surface area contributed by atoms with Crippen molar-refractivity contribution in [2.24, 2.45) is 5.10 Å². The molecule has 0 saturated heterocycles. The minimum atomic E-state index is -0.501. The number of esters is 1. The molecule has 0 unspecified atom stereocenters. The van der Waals surface area contributed by atoms with Gasteiger partial charge in [0.05, 0.1) is 18.9 Å². The van der Waals surface area contributed by atoms with Crippen LogP contribution in [0.3, 0.4) is 0 Å². The summed E-state index contributed by atoms with van der Waals surface area (Å²) >= 11 is 3.32. The first-order valence-corrected chi connectivity index (χ1v) is 9.27. The van der Waals surface area contributed by atoms with Crippen LogP contribution in [-0.2, 0) is 0 Å². The SMILES string of the molecule is COc1cc(C=NNC(=O)c2cc(C)[nH]n2)ccc1OC(=O)c1ccc(Br)cc1. The summed E-state index contributed by atoms with van der Waals surface area (Å²) in [7, 11) is 1.47. The van der Waals surface area contributed by atoms with Crippen LogP contribution in [0, 0.1) is 6.92 Å². The van der Waals surface area contributed by atoms with E-state index in [4.69, 9.17) is 9.47 Å². The van der Waals surface area contributed by atoms with Crippen LogP contribution in [-0.4, -0.2) is 35.4 Å². The number of hydrazone groups is 1. The third-order valence-electron chi connectivity index (χ3n) is 3.79. The van der Waals surface area contributed by atoms with Crippen LogP contribution < -0.4 is 14.9 Å². The van der Waals surface area contributed by atoms with E-state index in [9.17, 15) is 9.59 Å². The van der Waals surface area contributed by atoms with Gasteiger partial charge in [0, 0.05) is 10.2 Å². The van der Waals surface area contributed by atoms with Gasteiger partial charge in [-0.15, -0.1) is 0 Å². The van der Waals surface area contributed by atoms with Gasteiger partial charge < -0.3 is 9.47 Å². The molecule has 2 N–H and O–H groups in total. The van der Waals surface area contributed by atoms with E-state index in [-0.39, 0.29) is 11.4 Å². The number of aromatic amines is 1. The number of ether oxygens (including phenoxy) is 2. The molecule has 0 fully saturated rings. The Hall–Kier alpha value is -3.46. The third kappa shape index (κ3) is 5.29. The van der Waals surface area contributed by atoms with Crippen molar-refractivity contribution in [1.82, 2.24) is 15.6 Å². The van der Waals surface area contributed by atoms with Gasteiger partial charge >= 0.3 is 5.97 Å². The zero-order valence-corrected chi connectivity index (χ0v) is 17.2. The predicted octanol–water partition coefficient (Wildman–Crippen LogP) is 3.47. The molecular formula is C20H17BrN4O4. The smallest absolute Gasteiger partial charge is 0.343 e. The summed E-state index contributed by atoms with van der Waals surface area (Å²) in [5.74, 6) is -0.307. The van der Waals surface area contributed by atoms with Crippen LogP contribution >= 0.6 is 15.9 Å². The molecule has 2 aromatic carbocycles. The number of halogens is 1. The molecule has 1 aromatic heterocycles. The second-order valence-corrected chi connectivity index (χ2v) is 6.86. The van der Waals surface area contributed by atoms with E-state index in [0.717, 1.165) is 10.2 Å². The minimum absolute atomic E-state index is 0.243. The molecule has 0 aliphatic heterocycles. The van der Waals surface area contributed by atoms with Crippen molar-refractivity contribution in [1.29, 1.82) is 0 Å². The third-order valence-corrected chi connectivity index (χ3v) is 4.32. The normalized spacial score (nSPS) is 10.7. The molecule has 1 heterocycles. The molecular weight excluding hydrogens is 440 g/mol. The molecule has 0 saturated carbocycles. The number of rotatable bonds is 6. The number of aryl methyl sites for hydroxylation is 1. The number of hydrogen-bond acceptors (Lipinski definition) is 6. The Bertz CT molecular complexity index is 1060. The van der Waals surface area contributed by atoms with Gasteiger partial charge in [-0.05, 0) is 61.0 Å². The van der Waals surface area contributed by atoms with Gasteiger partial charge in [-0.3, -0.25) is 9.89 Å². The quantitative estimate of drug-likeness (QED) is 0.255. The Morgan fingerprint density at radius 1 is 1.14 bits per heavy atom. The van der Waals surface area contributed by atoms with Crippen molar-refractivity contribution in [3.8, 4) is 11.5 Å². The Morgan fingerprint density at radius 2 is 1.90 bits per heavy atom. The topological polar surface area (TPSA) is 106 Å². The summed E-state index contributed by atoms with van der Waals surface area (Å²) in [4.78, 5) is 24.2. The standard InChI is InChI=1S/C20H17BrN4O4/c1-12-9-16(24-23-12)19(26)25-22-11-13-3-8-17(18(10-13)28-2)29-20(27)14-4-6-15(21)7-5-14/h3-11H,1-2H3,(H,23,24)(H,25,26). The van der Waals surface area contributed by atoms with Crippen LogP contribution in [0.1, 0.15) is 32.1 Å². The van der Waals surface area contributed by atoms with Crippen LogP contribution in [0.2, 0.25) is 0 Å². The van der Waals surface area contributed by atoms with E-state index in [1.165, 1.54) is 13.3 Å². The number of aromatic nitrogens is 2. The van der Waals surface area contributed by atoms with Gasteiger partial charge in [-0.2, -0.15) is 10.2 Å². The van der Waals surface area contributed by atoms with E-state index in [2.05, 4.69) is 36.7 Å². The molecule has 9 heteroatoms. The molecule has 3 aromatic rings. The Balaban J connectivity index is 1.67.